The zero-order chi connectivity index (χ0) is 22.7. The molecule has 0 unspecified atom stereocenters. The van der Waals surface area contributed by atoms with Gasteiger partial charge in [-0.2, -0.15) is 0 Å². The molecule has 9 heteroatoms. The lowest BCUT2D eigenvalue weighted by Gasteiger charge is -2.39. The first-order chi connectivity index (χ1) is 14.2. The lowest BCUT2D eigenvalue weighted by Crippen LogP contribution is -2.53. The Labute approximate surface area is 183 Å². The standard InChI is InChI=1S/C21H45NO7S/c1-21(2)9-6-4-3-5-7-10-22(12-16-28-18-14-23,13-17-29-19-15-24)11-8-20-30(25,26)27/h21,23-24H,3-20H2,1-2H3. The molecule has 8 nitrogen and oxygen atoms in total. The maximum absolute atomic E-state index is 11.1. The van der Waals surface area contributed by atoms with Crippen LogP contribution in [-0.4, -0.2) is 99.2 Å². The number of rotatable bonds is 22. The molecule has 0 atom stereocenters. The third-order valence-corrected chi connectivity index (χ3v) is 6.12. The fraction of sp³-hybridized carbons (Fsp3) is 1.00. The molecule has 0 saturated carbocycles. The summed E-state index contributed by atoms with van der Waals surface area (Å²) < 4.78 is 44.7. The van der Waals surface area contributed by atoms with Gasteiger partial charge in [-0.25, -0.2) is 8.42 Å². The number of nitrogens with zero attached hydrogens (tertiary/aromatic N) is 1. The Morgan fingerprint density at radius 3 is 1.77 bits per heavy atom. The smallest absolute Gasteiger partial charge is 0.102 e. The van der Waals surface area contributed by atoms with E-state index >= 15 is 0 Å². The molecular weight excluding hydrogens is 410 g/mol. The highest BCUT2D eigenvalue weighted by Gasteiger charge is 2.26. The normalized spacial score (nSPS) is 12.7. The second-order valence-electron chi connectivity index (χ2n) is 8.47. The van der Waals surface area contributed by atoms with Crippen LogP contribution in [0.25, 0.3) is 0 Å². The Morgan fingerprint density at radius 2 is 1.27 bits per heavy atom. The maximum Gasteiger partial charge on any atom is 0.102 e. The predicted molar refractivity (Wildman–Crippen MR) is 117 cm³/mol. The Balaban J connectivity index is 4.77. The molecule has 0 aliphatic carbocycles. The molecule has 0 aliphatic heterocycles. The maximum atomic E-state index is 11.1. The molecule has 182 valence electrons. The lowest BCUT2D eigenvalue weighted by atomic mass is 10.0. The molecule has 0 aromatic heterocycles. The van der Waals surface area contributed by atoms with Crippen molar-refractivity contribution in [2.75, 3.05) is 71.6 Å². The summed E-state index contributed by atoms with van der Waals surface area (Å²) in [7, 11) is -4.24. The van der Waals surface area contributed by atoms with Crippen LogP contribution in [0.4, 0.5) is 0 Å². The van der Waals surface area contributed by atoms with Crippen molar-refractivity contribution in [2.24, 2.45) is 5.92 Å². The van der Waals surface area contributed by atoms with Gasteiger partial charge in [0.2, 0.25) is 0 Å². The summed E-state index contributed by atoms with van der Waals surface area (Å²) in [6, 6.07) is 0. The third kappa shape index (κ3) is 18.5. The quantitative estimate of drug-likeness (QED) is 0.145. The van der Waals surface area contributed by atoms with Gasteiger partial charge in [-0.3, -0.25) is 0 Å². The molecule has 0 spiro atoms. The molecule has 0 bridgehead atoms. The van der Waals surface area contributed by atoms with Crippen LogP contribution in [0.5, 0.6) is 0 Å². The van der Waals surface area contributed by atoms with E-state index in [4.69, 9.17) is 19.7 Å². The molecule has 2 N–H and O–H groups in total. The zero-order valence-electron chi connectivity index (χ0n) is 19.1. The fourth-order valence-corrected chi connectivity index (χ4v) is 4.11. The SMILES string of the molecule is CC(C)CCCCCCC[N+](CCCS(=O)(=O)[O-])(CCOCCO)CCOCCO. The Hall–Kier alpha value is -0.290. The zero-order valence-corrected chi connectivity index (χ0v) is 19.9. The highest BCUT2D eigenvalue weighted by molar-refractivity contribution is 7.85. The van der Waals surface area contributed by atoms with Gasteiger partial charge in [0.05, 0.1) is 62.8 Å². The number of quaternary nitrogens is 1. The Kier molecular flexibility index (Phi) is 18.1. The van der Waals surface area contributed by atoms with Gasteiger partial charge in [-0.05, 0) is 18.8 Å². The number of hydrogen-bond donors (Lipinski definition) is 2. The number of aliphatic hydroxyl groups is 2. The molecule has 0 fully saturated rings. The van der Waals surface area contributed by atoms with E-state index in [0.29, 0.717) is 43.8 Å². The Bertz CT molecular complexity index is 474. The van der Waals surface area contributed by atoms with E-state index in [1.165, 1.54) is 25.7 Å². The van der Waals surface area contributed by atoms with E-state index < -0.39 is 10.1 Å². The second-order valence-corrected chi connectivity index (χ2v) is 10.00. The molecule has 0 amide bonds. The van der Waals surface area contributed by atoms with E-state index in [2.05, 4.69) is 13.8 Å². The predicted octanol–water partition coefficient (Wildman–Crippen LogP) is 1.75. The molecule has 0 aliphatic rings. The summed E-state index contributed by atoms with van der Waals surface area (Å²) in [6.45, 7) is 8.65. The van der Waals surface area contributed by atoms with Gasteiger partial charge in [0.25, 0.3) is 0 Å². The van der Waals surface area contributed by atoms with Crippen LogP contribution >= 0.6 is 0 Å². The van der Waals surface area contributed by atoms with Gasteiger partial charge >= 0.3 is 0 Å². The third-order valence-electron chi connectivity index (χ3n) is 5.33. The molecule has 0 rings (SSSR count). The van der Waals surface area contributed by atoms with Crippen LogP contribution in [0.2, 0.25) is 0 Å². The largest absolute Gasteiger partial charge is 0.748 e. The first kappa shape index (κ1) is 29.7. The van der Waals surface area contributed by atoms with E-state index in [1.807, 2.05) is 0 Å². The van der Waals surface area contributed by atoms with Crippen LogP contribution in [-0.2, 0) is 19.6 Å². The minimum atomic E-state index is -4.24. The van der Waals surface area contributed by atoms with Crippen LogP contribution in [0.3, 0.4) is 0 Å². The summed E-state index contributed by atoms with van der Waals surface area (Å²) in [5.41, 5.74) is 0. The molecule has 0 saturated heterocycles. The monoisotopic (exact) mass is 455 g/mol. The number of aliphatic hydroxyl groups excluding tert-OH is 2. The molecular formula is C21H45NO7S. The van der Waals surface area contributed by atoms with Crippen LogP contribution in [0.15, 0.2) is 0 Å². The van der Waals surface area contributed by atoms with E-state index in [0.717, 1.165) is 25.3 Å². The fourth-order valence-electron chi connectivity index (χ4n) is 3.63. The number of unbranched alkanes of at least 4 members (excludes halogenated alkanes) is 4. The van der Waals surface area contributed by atoms with E-state index in [9.17, 15) is 13.0 Å². The summed E-state index contributed by atoms with van der Waals surface area (Å²) in [5, 5.41) is 17.9. The van der Waals surface area contributed by atoms with Gasteiger partial charge in [-0.1, -0.05) is 39.5 Å². The molecule has 0 aromatic rings. The summed E-state index contributed by atoms with van der Waals surface area (Å²) in [4.78, 5) is 0. The van der Waals surface area contributed by atoms with Gasteiger partial charge in [-0.15, -0.1) is 0 Å². The van der Waals surface area contributed by atoms with Crippen molar-refractivity contribution in [1.29, 1.82) is 0 Å². The van der Waals surface area contributed by atoms with Crippen molar-refractivity contribution in [2.45, 2.75) is 58.8 Å². The topological polar surface area (TPSA) is 116 Å². The molecule has 0 heterocycles. The highest BCUT2D eigenvalue weighted by atomic mass is 32.2. The second kappa shape index (κ2) is 18.3. The van der Waals surface area contributed by atoms with Crippen molar-refractivity contribution < 1.29 is 37.1 Å². The van der Waals surface area contributed by atoms with Crippen LogP contribution in [0.1, 0.15) is 58.8 Å². The van der Waals surface area contributed by atoms with Gasteiger partial charge in [0.15, 0.2) is 0 Å². The minimum Gasteiger partial charge on any atom is -0.748 e. The van der Waals surface area contributed by atoms with Crippen LogP contribution in [0, 0.1) is 5.92 Å². The average molecular weight is 456 g/mol. The van der Waals surface area contributed by atoms with Gasteiger partial charge in [0, 0.05) is 12.2 Å². The average Bonchev–Trinajstić information content (AvgIpc) is 2.66. The van der Waals surface area contributed by atoms with Crippen molar-refractivity contribution in [3.05, 3.63) is 0 Å². The van der Waals surface area contributed by atoms with Crippen molar-refractivity contribution in [3.63, 3.8) is 0 Å². The number of ether oxygens (including phenoxy) is 2. The Morgan fingerprint density at radius 1 is 0.767 bits per heavy atom. The summed E-state index contributed by atoms with van der Waals surface area (Å²) in [5.74, 6) is 0.376. The van der Waals surface area contributed by atoms with E-state index in [-0.39, 0.29) is 32.2 Å². The van der Waals surface area contributed by atoms with Gasteiger partial charge < -0.3 is 28.7 Å². The van der Waals surface area contributed by atoms with Crippen molar-refractivity contribution >= 4 is 10.1 Å². The highest BCUT2D eigenvalue weighted by Crippen LogP contribution is 2.15. The van der Waals surface area contributed by atoms with Crippen LogP contribution < -0.4 is 0 Å². The lowest BCUT2D eigenvalue weighted by molar-refractivity contribution is -0.929. The molecule has 0 radical (unpaired) electrons. The summed E-state index contributed by atoms with van der Waals surface area (Å²) in [6.07, 6.45) is 7.37. The minimum absolute atomic E-state index is 0.0373. The number of hydrogen-bond acceptors (Lipinski definition) is 7. The van der Waals surface area contributed by atoms with Gasteiger partial charge in [0.1, 0.15) is 13.1 Å². The van der Waals surface area contributed by atoms with E-state index in [1.54, 1.807) is 0 Å². The first-order valence-corrected chi connectivity index (χ1v) is 13.0. The first-order valence-electron chi connectivity index (χ1n) is 11.4. The molecule has 30 heavy (non-hydrogen) atoms. The molecule has 0 aromatic carbocycles. The summed E-state index contributed by atoms with van der Waals surface area (Å²) >= 11 is 0. The van der Waals surface area contributed by atoms with Crippen molar-refractivity contribution in [3.8, 4) is 0 Å². The van der Waals surface area contributed by atoms with Crippen molar-refractivity contribution in [1.82, 2.24) is 0 Å².